The first kappa shape index (κ1) is 10.6. The van der Waals surface area contributed by atoms with Crippen LogP contribution in [0.25, 0.3) is 0 Å². The summed E-state index contributed by atoms with van der Waals surface area (Å²) in [5.41, 5.74) is 0. The molecule has 3 aliphatic rings. The minimum Gasteiger partial charge on any atom is -0.339 e. The van der Waals surface area contributed by atoms with Gasteiger partial charge in [-0.2, -0.15) is 0 Å². The number of rotatable bonds is 4. The second-order valence-corrected chi connectivity index (χ2v) is 5.69. The van der Waals surface area contributed by atoms with E-state index in [1.54, 1.807) is 0 Å². The van der Waals surface area contributed by atoms with Gasteiger partial charge in [0.25, 0.3) is 0 Å². The van der Waals surface area contributed by atoms with E-state index in [2.05, 4.69) is 10.2 Å². The highest BCUT2D eigenvalue weighted by molar-refractivity contribution is 5.81. The van der Waals surface area contributed by atoms with E-state index in [1.807, 2.05) is 0 Å². The molecule has 3 heteroatoms. The summed E-state index contributed by atoms with van der Waals surface area (Å²) in [5.74, 6) is 1.63. The zero-order chi connectivity index (χ0) is 11.0. The Bertz CT molecular complexity index is 265. The molecule has 1 amide bonds. The van der Waals surface area contributed by atoms with Gasteiger partial charge in [-0.25, -0.2) is 0 Å². The Kier molecular flexibility index (Phi) is 2.88. The Balaban J connectivity index is 1.57. The smallest absolute Gasteiger partial charge is 0.225 e. The van der Waals surface area contributed by atoms with Gasteiger partial charge in [0.2, 0.25) is 5.91 Å². The van der Waals surface area contributed by atoms with Gasteiger partial charge in [-0.15, -0.1) is 0 Å². The molecule has 90 valence electrons. The number of amides is 1. The van der Waals surface area contributed by atoms with Crippen LogP contribution in [-0.4, -0.2) is 36.5 Å². The van der Waals surface area contributed by atoms with Crippen LogP contribution in [0.3, 0.4) is 0 Å². The van der Waals surface area contributed by atoms with Gasteiger partial charge in [-0.1, -0.05) is 0 Å². The SMILES string of the molecule is O=C(C1CC1)N(CC1CCNCC1)C1CC1. The zero-order valence-corrected chi connectivity index (χ0v) is 9.95. The third kappa shape index (κ3) is 2.40. The van der Waals surface area contributed by atoms with E-state index in [0.29, 0.717) is 17.9 Å². The first-order valence-electron chi connectivity index (χ1n) is 6.86. The summed E-state index contributed by atoms with van der Waals surface area (Å²) in [7, 11) is 0. The lowest BCUT2D eigenvalue weighted by Gasteiger charge is -2.30. The lowest BCUT2D eigenvalue weighted by Crippen LogP contribution is -2.41. The Morgan fingerprint density at radius 1 is 1.06 bits per heavy atom. The third-order valence-corrected chi connectivity index (χ3v) is 4.11. The van der Waals surface area contributed by atoms with Gasteiger partial charge >= 0.3 is 0 Å². The molecule has 0 aromatic heterocycles. The molecule has 1 N–H and O–H groups in total. The summed E-state index contributed by atoms with van der Waals surface area (Å²) in [6.07, 6.45) is 7.30. The van der Waals surface area contributed by atoms with Gasteiger partial charge in [0.1, 0.15) is 0 Å². The fourth-order valence-electron chi connectivity index (χ4n) is 2.71. The highest BCUT2D eigenvalue weighted by atomic mass is 16.2. The lowest BCUT2D eigenvalue weighted by atomic mass is 9.97. The van der Waals surface area contributed by atoms with Crippen molar-refractivity contribution in [1.29, 1.82) is 0 Å². The second-order valence-electron chi connectivity index (χ2n) is 5.69. The largest absolute Gasteiger partial charge is 0.339 e. The van der Waals surface area contributed by atoms with Gasteiger partial charge in [0.05, 0.1) is 0 Å². The van der Waals surface area contributed by atoms with Crippen LogP contribution < -0.4 is 5.32 Å². The maximum Gasteiger partial charge on any atom is 0.225 e. The predicted molar refractivity (Wildman–Crippen MR) is 63.1 cm³/mol. The number of carbonyl (C=O) groups is 1. The topological polar surface area (TPSA) is 32.3 Å². The summed E-state index contributed by atoms with van der Waals surface area (Å²) in [6.45, 7) is 3.32. The predicted octanol–water partition coefficient (Wildman–Crippen LogP) is 1.39. The maximum absolute atomic E-state index is 12.2. The van der Waals surface area contributed by atoms with E-state index in [0.717, 1.165) is 38.4 Å². The highest BCUT2D eigenvalue weighted by Crippen LogP contribution is 2.36. The summed E-state index contributed by atoms with van der Waals surface area (Å²) in [4.78, 5) is 14.4. The summed E-state index contributed by atoms with van der Waals surface area (Å²) < 4.78 is 0. The Morgan fingerprint density at radius 3 is 2.31 bits per heavy atom. The van der Waals surface area contributed by atoms with Crippen molar-refractivity contribution in [2.75, 3.05) is 19.6 Å². The van der Waals surface area contributed by atoms with Crippen LogP contribution in [0.5, 0.6) is 0 Å². The van der Waals surface area contributed by atoms with Crippen LogP contribution in [0.1, 0.15) is 38.5 Å². The minimum absolute atomic E-state index is 0.405. The van der Waals surface area contributed by atoms with E-state index in [1.165, 1.54) is 25.7 Å². The average Bonchev–Trinajstić information content (AvgIpc) is 3.19. The number of hydrogen-bond acceptors (Lipinski definition) is 2. The second kappa shape index (κ2) is 4.36. The Labute approximate surface area is 97.6 Å². The number of nitrogens with one attached hydrogen (secondary N) is 1. The molecular weight excluding hydrogens is 200 g/mol. The van der Waals surface area contributed by atoms with Gasteiger partial charge in [-0.05, 0) is 57.5 Å². The first-order chi connectivity index (χ1) is 7.84. The molecule has 3 nitrogen and oxygen atoms in total. The van der Waals surface area contributed by atoms with Crippen molar-refractivity contribution < 1.29 is 4.79 Å². The van der Waals surface area contributed by atoms with E-state index >= 15 is 0 Å². The van der Waals surface area contributed by atoms with Gasteiger partial charge < -0.3 is 10.2 Å². The lowest BCUT2D eigenvalue weighted by molar-refractivity contribution is -0.134. The molecule has 1 heterocycles. The molecular formula is C13H22N2O. The molecule has 0 radical (unpaired) electrons. The van der Waals surface area contributed by atoms with Crippen LogP contribution in [0.15, 0.2) is 0 Å². The average molecular weight is 222 g/mol. The third-order valence-electron chi connectivity index (χ3n) is 4.11. The summed E-state index contributed by atoms with van der Waals surface area (Å²) in [5, 5.41) is 3.39. The molecule has 0 bridgehead atoms. The van der Waals surface area contributed by atoms with Crippen molar-refractivity contribution in [3.05, 3.63) is 0 Å². The first-order valence-corrected chi connectivity index (χ1v) is 6.86. The summed E-state index contributed by atoms with van der Waals surface area (Å²) >= 11 is 0. The number of piperidine rings is 1. The van der Waals surface area contributed by atoms with E-state index < -0.39 is 0 Å². The summed E-state index contributed by atoms with van der Waals surface area (Å²) in [6, 6.07) is 0.614. The number of hydrogen-bond donors (Lipinski definition) is 1. The monoisotopic (exact) mass is 222 g/mol. The Hall–Kier alpha value is -0.570. The quantitative estimate of drug-likeness (QED) is 0.779. The number of nitrogens with zero attached hydrogens (tertiary/aromatic N) is 1. The molecule has 1 saturated heterocycles. The Morgan fingerprint density at radius 2 is 1.75 bits per heavy atom. The van der Waals surface area contributed by atoms with Gasteiger partial charge in [-0.3, -0.25) is 4.79 Å². The maximum atomic E-state index is 12.2. The fourth-order valence-corrected chi connectivity index (χ4v) is 2.71. The molecule has 0 unspecified atom stereocenters. The van der Waals surface area contributed by atoms with Crippen molar-refractivity contribution in [2.45, 2.75) is 44.6 Å². The van der Waals surface area contributed by atoms with Crippen LogP contribution in [0, 0.1) is 11.8 Å². The molecule has 0 aromatic carbocycles. The van der Waals surface area contributed by atoms with Crippen LogP contribution in [-0.2, 0) is 4.79 Å². The normalized spacial score (nSPS) is 26.8. The molecule has 1 aliphatic heterocycles. The molecule has 3 rings (SSSR count). The van der Waals surface area contributed by atoms with Gasteiger partial charge in [0.15, 0.2) is 0 Å². The van der Waals surface area contributed by atoms with E-state index in [-0.39, 0.29) is 0 Å². The van der Waals surface area contributed by atoms with Crippen LogP contribution in [0.2, 0.25) is 0 Å². The molecule has 16 heavy (non-hydrogen) atoms. The molecule has 0 atom stereocenters. The standard InChI is InChI=1S/C13H22N2O/c16-13(11-1-2-11)15(12-3-4-12)9-10-5-7-14-8-6-10/h10-12,14H,1-9H2. The van der Waals surface area contributed by atoms with Crippen molar-refractivity contribution in [3.63, 3.8) is 0 Å². The van der Waals surface area contributed by atoms with Crippen molar-refractivity contribution in [3.8, 4) is 0 Å². The molecule has 3 fully saturated rings. The minimum atomic E-state index is 0.405. The fraction of sp³-hybridized carbons (Fsp3) is 0.923. The van der Waals surface area contributed by atoms with E-state index in [4.69, 9.17) is 0 Å². The van der Waals surface area contributed by atoms with Crippen molar-refractivity contribution >= 4 is 5.91 Å². The van der Waals surface area contributed by atoms with Crippen molar-refractivity contribution in [2.24, 2.45) is 11.8 Å². The molecule has 2 saturated carbocycles. The zero-order valence-electron chi connectivity index (χ0n) is 9.95. The van der Waals surface area contributed by atoms with Crippen LogP contribution in [0.4, 0.5) is 0 Å². The van der Waals surface area contributed by atoms with Crippen LogP contribution >= 0.6 is 0 Å². The molecule has 2 aliphatic carbocycles. The molecule has 0 spiro atoms. The van der Waals surface area contributed by atoms with Crippen molar-refractivity contribution in [1.82, 2.24) is 10.2 Å². The number of carbonyl (C=O) groups excluding carboxylic acids is 1. The van der Waals surface area contributed by atoms with E-state index in [9.17, 15) is 4.79 Å². The highest BCUT2D eigenvalue weighted by Gasteiger charge is 2.40. The molecule has 0 aromatic rings. The van der Waals surface area contributed by atoms with Gasteiger partial charge in [0, 0.05) is 18.5 Å².